The lowest BCUT2D eigenvalue weighted by atomic mass is 10.0. The van der Waals surface area contributed by atoms with E-state index >= 15 is 0 Å². The zero-order chi connectivity index (χ0) is 10.8. The first-order chi connectivity index (χ1) is 7.20. The second-order valence-corrected chi connectivity index (χ2v) is 3.54. The van der Waals surface area contributed by atoms with Crippen molar-refractivity contribution in [3.05, 3.63) is 42.2 Å². The first kappa shape index (κ1) is 9.65. The summed E-state index contributed by atoms with van der Waals surface area (Å²) >= 11 is 0. The average molecular weight is 200 g/mol. The van der Waals surface area contributed by atoms with Crippen molar-refractivity contribution in [3.63, 3.8) is 0 Å². The third-order valence-electron chi connectivity index (χ3n) is 2.54. The number of benzene rings is 1. The fourth-order valence-corrected chi connectivity index (χ4v) is 1.62. The molecule has 2 rings (SSSR count). The molecule has 15 heavy (non-hydrogen) atoms. The highest BCUT2D eigenvalue weighted by atomic mass is 16.1. The molecule has 0 saturated carbocycles. The van der Waals surface area contributed by atoms with Gasteiger partial charge in [0, 0.05) is 11.6 Å². The Morgan fingerprint density at radius 3 is 2.80 bits per heavy atom. The number of carbonyl (C=O) groups excluding carboxylic acids is 1. The van der Waals surface area contributed by atoms with Crippen molar-refractivity contribution in [3.8, 4) is 0 Å². The molecule has 2 aromatic rings. The number of primary amides is 1. The Labute approximate surface area is 87.9 Å². The van der Waals surface area contributed by atoms with Crippen LogP contribution < -0.4 is 5.73 Å². The number of aromatic nitrogens is 1. The number of amides is 1. The highest BCUT2D eigenvalue weighted by molar-refractivity contribution is 5.90. The predicted octanol–water partition coefficient (Wildman–Crippen LogP) is 1.82. The molecule has 1 aromatic heterocycles. The van der Waals surface area contributed by atoms with Gasteiger partial charge in [0.2, 0.25) is 5.91 Å². The Hall–Kier alpha value is -1.90. The van der Waals surface area contributed by atoms with Crippen LogP contribution in [-0.4, -0.2) is 10.9 Å². The highest BCUT2D eigenvalue weighted by Crippen LogP contribution is 2.22. The smallest absolute Gasteiger partial charge is 0.226 e. The topological polar surface area (TPSA) is 56.0 Å². The number of hydrogen-bond acceptors (Lipinski definition) is 2. The molecule has 1 aromatic carbocycles. The van der Waals surface area contributed by atoms with Gasteiger partial charge >= 0.3 is 0 Å². The molecule has 1 unspecified atom stereocenters. The van der Waals surface area contributed by atoms with Crippen LogP contribution >= 0.6 is 0 Å². The van der Waals surface area contributed by atoms with Crippen LogP contribution in [0.15, 0.2) is 36.5 Å². The highest BCUT2D eigenvalue weighted by Gasteiger charge is 2.15. The van der Waals surface area contributed by atoms with Gasteiger partial charge in [-0.3, -0.25) is 9.78 Å². The van der Waals surface area contributed by atoms with Crippen LogP contribution in [0.5, 0.6) is 0 Å². The van der Waals surface area contributed by atoms with Crippen molar-refractivity contribution in [1.29, 1.82) is 0 Å². The summed E-state index contributed by atoms with van der Waals surface area (Å²) < 4.78 is 0. The lowest BCUT2D eigenvalue weighted by molar-refractivity contribution is -0.119. The van der Waals surface area contributed by atoms with Gasteiger partial charge in [0.15, 0.2) is 0 Å². The third kappa shape index (κ3) is 1.68. The normalized spacial score (nSPS) is 12.6. The summed E-state index contributed by atoms with van der Waals surface area (Å²) in [5, 5.41) is 2.07. The minimum Gasteiger partial charge on any atom is -0.369 e. The summed E-state index contributed by atoms with van der Waals surface area (Å²) in [5.41, 5.74) is 6.03. The molecule has 0 aliphatic carbocycles. The fraction of sp³-hybridized carbons (Fsp3) is 0.167. The SMILES string of the molecule is CC(C(N)=O)c1nccc2ccccc12. The van der Waals surface area contributed by atoms with E-state index < -0.39 is 0 Å². The van der Waals surface area contributed by atoms with Crippen LogP contribution in [0.25, 0.3) is 10.8 Å². The molecule has 0 aliphatic heterocycles. The van der Waals surface area contributed by atoms with Gasteiger partial charge in [-0.1, -0.05) is 24.3 Å². The van der Waals surface area contributed by atoms with Crippen LogP contribution in [0.2, 0.25) is 0 Å². The Bertz CT molecular complexity index is 502. The maximum atomic E-state index is 11.1. The molecular formula is C12H12N2O. The Balaban J connectivity index is 2.65. The van der Waals surface area contributed by atoms with E-state index in [1.807, 2.05) is 30.3 Å². The van der Waals surface area contributed by atoms with Gasteiger partial charge in [0.05, 0.1) is 11.6 Å². The van der Waals surface area contributed by atoms with Gasteiger partial charge in [0.25, 0.3) is 0 Å². The molecule has 1 amide bonds. The first-order valence-corrected chi connectivity index (χ1v) is 4.83. The number of hydrogen-bond donors (Lipinski definition) is 1. The minimum absolute atomic E-state index is 0.348. The summed E-state index contributed by atoms with van der Waals surface area (Å²) in [6, 6.07) is 9.76. The van der Waals surface area contributed by atoms with E-state index in [9.17, 15) is 4.79 Å². The van der Waals surface area contributed by atoms with Gasteiger partial charge in [-0.2, -0.15) is 0 Å². The molecule has 3 heteroatoms. The fourth-order valence-electron chi connectivity index (χ4n) is 1.62. The molecule has 1 atom stereocenters. The lowest BCUT2D eigenvalue weighted by Crippen LogP contribution is -2.19. The molecule has 1 heterocycles. The summed E-state index contributed by atoms with van der Waals surface area (Å²) in [7, 11) is 0. The summed E-state index contributed by atoms with van der Waals surface area (Å²) in [6.07, 6.45) is 1.71. The van der Waals surface area contributed by atoms with Crippen LogP contribution in [-0.2, 0) is 4.79 Å². The second kappa shape index (κ2) is 3.69. The van der Waals surface area contributed by atoms with E-state index in [2.05, 4.69) is 4.98 Å². The van der Waals surface area contributed by atoms with E-state index in [0.717, 1.165) is 16.5 Å². The molecular weight excluding hydrogens is 188 g/mol. The van der Waals surface area contributed by atoms with Crippen LogP contribution in [0.3, 0.4) is 0 Å². The Kier molecular flexibility index (Phi) is 2.37. The number of pyridine rings is 1. The summed E-state index contributed by atoms with van der Waals surface area (Å²) in [4.78, 5) is 15.4. The lowest BCUT2D eigenvalue weighted by Gasteiger charge is -2.09. The Morgan fingerprint density at radius 1 is 1.33 bits per heavy atom. The molecule has 2 N–H and O–H groups in total. The maximum Gasteiger partial charge on any atom is 0.226 e. The molecule has 0 bridgehead atoms. The van der Waals surface area contributed by atoms with Crippen molar-refractivity contribution in [2.75, 3.05) is 0 Å². The van der Waals surface area contributed by atoms with Gasteiger partial charge in [-0.05, 0) is 18.4 Å². The molecule has 0 radical (unpaired) electrons. The maximum absolute atomic E-state index is 11.1. The number of carbonyl (C=O) groups is 1. The summed E-state index contributed by atoms with van der Waals surface area (Å²) in [6.45, 7) is 1.77. The van der Waals surface area contributed by atoms with Crippen LogP contribution in [0, 0.1) is 0 Å². The predicted molar refractivity (Wildman–Crippen MR) is 59.4 cm³/mol. The average Bonchev–Trinajstić information content (AvgIpc) is 2.27. The van der Waals surface area contributed by atoms with Crippen molar-refractivity contribution < 1.29 is 4.79 Å². The van der Waals surface area contributed by atoms with Gasteiger partial charge < -0.3 is 5.73 Å². The monoisotopic (exact) mass is 200 g/mol. The van der Waals surface area contributed by atoms with Crippen molar-refractivity contribution in [2.45, 2.75) is 12.8 Å². The zero-order valence-electron chi connectivity index (χ0n) is 8.47. The Morgan fingerprint density at radius 2 is 2.07 bits per heavy atom. The second-order valence-electron chi connectivity index (χ2n) is 3.54. The van der Waals surface area contributed by atoms with E-state index in [1.54, 1.807) is 13.1 Å². The molecule has 0 aliphatic rings. The van der Waals surface area contributed by atoms with Crippen LogP contribution in [0.4, 0.5) is 0 Å². The minimum atomic E-state index is -0.351. The number of fused-ring (bicyclic) bond motifs is 1. The standard InChI is InChI=1S/C12H12N2O/c1-8(12(13)15)11-10-5-3-2-4-9(10)6-7-14-11/h2-8H,1H3,(H2,13,15). The third-order valence-corrected chi connectivity index (χ3v) is 2.54. The summed E-state index contributed by atoms with van der Waals surface area (Å²) in [5.74, 6) is -0.699. The van der Waals surface area contributed by atoms with Crippen molar-refractivity contribution >= 4 is 16.7 Å². The molecule has 76 valence electrons. The molecule has 0 fully saturated rings. The zero-order valence-corrected chi connectivity index (χ0v) is 8.47. The quantitative estimate of drug-likeness (QED) is 0.803. The van der Waals surface area contributed by atoms with Gasteiger partial charge in [-0.15, -0.1) is 0 Å². The van der Waals surface area contributed by atoms with Crippen molar-refractivity contribution in [2.24, 2.45) is 5.73 Å². The number of nitrogens with two attached hydrogens (primary N) is 1. The largest absolute Gasteiger partial charge is 0.369 e. The molecule has 0 spiro atoms. The van der Waals surface area contributed by atoms with E-state index in [4.69, 9.17) is 5.73 Å². The van der Waals surface area contributed by atoms with E-state index in [1.165, 1.54) is 0 Å². The van der Waals surface area contributed by atoms with E-state index in [-0.39, 0.29) is 11.8 Å². The van der Waals surface area contributed by atoms with E-state index in [0.29, 0.717) is 0 Å². The first-order valence-electron chi connectivity index (χ1n) is 4.83. The van der Waals surface area contributed by atoms with Crippen LogP contribution in [0.1, 0.15) is 18.5 Å². The number of rotatable bonds is 2. The number of nitrogens with zero attached hydrogens (tertiary/aromatic N) is 1. The molecule has 0 saturated heterocycles. The van der Waals surface area contributed by atoms with Crippen molar-refractivity contribution in [1.82, 2.24) is 4.98 Å². The molecule has 3 nitrogen and oxygen atoms in total. The van der Waals surface area contributed by atoms with Gasteiger partial charge in [-0.25, -0.2) is 0 Å². The van der Waals surface area contributed by atoms with Gasteiger partial charge in [0.1, 0.15) is 0 Å².